The maximum Gasteiger partial charge on any atom is 0.270 e. The van der Waals surface area contributed by atoms with Crippen LogP contribution in [-0.2, 0) is 0 Å². The van der Waals surface area contributed by atoms with Gasteiger partial charge in [0.25, 0.3) is 5.91 Å². The summed E-state index contributed by atoms with van der Waals surface area (Å²) in [6.07, 6.45) is 1.65. The fraction of sp³-hybridized carbons (Fsp3) is 0.231. The average molecular weight is 291 g/mol. The molecular weight excluding hydrogens is 278 g/mol. The topological polar surface area (TPSA) is 59.2 Å². The van der Waals surface area contributed by atoms with Crippen LogP contribution in [0.15, 0.2) is 29.3 Å². The fourth-order valence-electron chi connectivity index (χ4n) is 2.04. The van der Waals surface area contributed by atoms with Crippen LogP contribution in [0.5, 0.6) is 0 Å². The van der Waals surface area contributed by atoms with Crippen molar-refractivity contribution in [1.29, 1.82) is 0 Å². The molecule has 6 heteroatoms. The molecule has 2 aromatic rings. The predicted octanol–water partition coefficient (Wildman–Crippen LogP) is 2.79. The second-order valence-corrected chi connectivity index (χ2v) is 6.65. The summed E-state index contributed by atoms with van der Waals surface area (Å²) >= 11 is 3.19. The van der Waals surface area contributed by atoms with Crippen molar-refractivity contribution in [1.82, 2.24) is 4.98 Å². The Balaban J connectivity index is 1.99. The first kappa shape index (κ1) is 12.5. The van der Waals surface area contributed by atoms with Gasteiger partial charge in [0.15, 0.2) is 0 Å². The summed E-state index contributed by atoms with van der Waals surface area (Å²) in [5.74, 6) is 0.915. The number of fused-ring (bicyclic) bond motifs is 1. The molecule has 0 saturated heterocycles. The fourth-order valence-corrected chi connectivity index (χ4v) is 3.74. The summed E-state index contributed by atoms with van der Waals surface area (Å²) in [6, 6.07) is 5.72. The zero-order valence-corrected chi connectivity index (χ0v) is 12.1. The third-order valence-electron chi connectivity index (χ3n) is 2.92. The Morgan fingerprint density at radius 2 is 2.32 bits per heavy atom. The molecule has 3 rings (SSSR count). The lowest BCUT2D eigenvalue weighted by Crippen LogP contribution is -2.35. The number of nitrogen functional groups attached to an aromatic ring is 1. The van der Waals surface area contributed by atoms with Crippen LogP contribution < -0.4 is 10.6 Å². The molecule has 1 aromatic carbocycles. The molecule has 2 N–H and O–H groups in total. The van der Waals surface area contributed by atoms with E-state index in [4.69, 9.17) is 5.73 Å². The van der Waals surface area contributed by atoms with Gasteiger partial charge in [-0.25, -0.2) is 4.98 Å². The van der Waals surface area contributed by atoms with Crippen molar-refractivity contribution < 1.29 is 4.79 Å². The molecule has 98 valence electrons. The number of rotatable bonds is 1. The van der Waals surface area contributed by atoms with E-state index in [1.54, 1.807) is 22.9 Å². The molecule has 19 heavy (non-hydrogen) atoms. The van der Waals surface area contributed by atoms with E-state index in [1.165, 1.54) is 11.3 Å². The molecule has 1 amide bonds. The highest BCUT2D eigenvalue weighted by molar-refractivity contribution is 7.99. The van der Waals surface area contributed by atoms with Gasteiger partial charge in [-0.15, -0.1) is 23.1 Å². The first-order chi connectivity index (χ1) is 9.15. The Hall–Kier alpha value is -1.53. The molecule has 0 radical (unpaired) electrons. The van der Waals surface area contributed by atoms with Crippen molar-refractivity contribution in [2.45, 2.75) is 11.8 Å². The monoisotopic (exact) mass is 291 g/mol. The highest BCUT2D eigenvalue weighted by atomic mass is 32.2. The van der Waals surface area contributed by atoms with Gasteiger partial charge in [0, 0.05) is 22.9 Å². The van der Waals surface area contributed by atoms with Gasteiger partial charge in [0.1, 0.15) is 4.88 Å². The van der Waals surface area contributed by atoms with Gasteiger partial charge in [-0.2, -0.15) is 0 Å². The second-order valence-electron chi connectivity index (χ2n) is 4.28. The molecule has 4 nitrogen and oxygen atoms in total. The number of benzene rings is 1. The number of thioether (sulfide) groups is 1. The predicted molar refractivity (Wildman–Crippen MR) is 80.1 cm³/mol. The van der Waals surface area contributed by atoms with E-state index in [-0.39, 0.29) is 5.91 Å². The number of aryl methyl sites for hydroxylation is 1. The smallest absolute Gasteiger partial charge is 0.270 e. The lowest BCUT2D eigenvalue weighted by Gasteiger charge is -2.28. The number of hydrogen-bond donors (Lipinski definition) is 1. The van der Waals surface area contributed by atoms with Crippen molar-refractivity contribution in [3.05, 3.63) is 34.3 Å². The number of carbonyl (C=O) groups is 1. The number of anilines is 2. The minimum Gasteiger partial charge on any atom is -0.399 e. The van der Waals surface area contributed by atoms with Crippen molar-refractivity contribution in [2.75, 3.05) is 22.9 Å². The van der Waals surface area contributed by atoms with Crippen LogP contribution in [0.25, 0.3) is 0 Å². The van der Waals surface area contributed by atoms with Crippen molar-refractivity contribution in [3.8, 4) is 0 Å². The molecule has 0 spiro atoms. The van der Waals surface area contributed by atoms with Crippen LogP contribution in [0.2, 0.25) is 0 Å². The minimum absolute atomic E-state index is 0.0118. The lowest BCUT2D eigenvalue weighted by atomic mass is 10.2. The number of aromatic nitrogens is 1. The highest BCUT2D eigenvalue weighted by Crippen LogP contribution is 2.37. The molecular formula is C13H13N3OS2. The zero-order valence-electron chi connectivity index (χ0n) is 10.4. The summed E-state index contributed by atoms with van der Waals surface area (Å²) < 4.78 is 0. The van der Waals surface area contributed by atoms with Crippen LogP contribution in [0.3, 0.4) is 0 Å². The number of nitrogens with two attached hydrogens (primary N) is 1. The first-order valence-corrected chi connectivity index (χ1v) is 7.72. The van der Waals surface area contributed by atoms with E-state index in [2.05, 4.69) is 4.98 Å². The molecule has 0 fully saturated rings. The van der Waals surface area contributed by atoms with Crippen molar-refractivity contribution in [2.24, 2.45) is 0 Å². The third kappa shape index (κ3) is 2.33. The Morgan fingerprint density at radius 1 is 1.47 bits per heavy atom. The summed E-state index contributed by atoms with van der Waals surface area (Å²) in [5.41, 5.74) is 7.42. The number of carbonyl (C=O) groups excluding carboxylic acids is 1. The van der Waals surface area contributed by atoms with Gasteiger partial charge < -0.3 is 10.6 Å². The van der Waals surface area contributed by atoms with E-state index in [1.807, 2.05) is 25.1 Å². The number of thiazole rings is 1. The standard InChI is InChI=1S/C13H13N3OS2/c1-8-15-7-12(19-8)13(17)16-4-5-18-11-3-2-9(14)6-10(11)16/h2-3,6-7H,4-5,14H2,1H3. The number of amides is 1. The van der Waals surface area contributed by atoms with Gasteiger partial charge in [-0.3, -0.25) is 4.79 Å². The molecule has 1 aromatic heterocycles. The van der Waals surface area contributed by atoms with Crippen LogP contribution in [0.1, 0.15) is 14.7 Å². The van der Waals surface area contributed by atoms with E-state index < -0.39 is 0 Å². The molecule has 0 saturated carbocycles. The van der Waals surface area contributed by atoms with Crippen LogP contribution >= 0.6 is 23.1 Å². The Morgan fingerprint density at radius 3 is 3.05 bits per heavy atom. The van der Waals surface area contributed by atoms with Crippen molar-refractivity contribution >= 4 is 40.4 Å². The Kier molecular flexibility index (Phi) is 3.20. The van der Waals surface area contributed by atoms with Crippen LogP contribution in [0.4, 0.5) is 11.4 Å². The summed E-state index contributed by atoms with van der Waals surface area (Å²) in [4.78, 5) is 20.3. The van der Waals surface area contributed by atoms with E-state index in [0.717, 1.165) is 21.3 Å². The molecule has 1 aliphatic heterocycles. The van der Waals surface area contributed by atoms with Crippen LogP contribution in [-0.4, -0.2) is 23.2 Å². The quantitative estimate of drug-likeness (QED) is 0.821. The van der Waals surface area contributed by atoms with E-state index in [0.29, 0.717) is 17.1 Å². The molecule has 0 aliphatic carbocycles. The lowest BCUT2D eigenvalue weighted by molar-refractivity contribution is 0.0991. The van der Waals surface area contributed by atoms with Gasteiger partial charge in [-0.05, 0) is 25.1 Å². The number of nitrogens with zero attached hydrogens (tertiary/aromatic N) is 2. The first-order valence-electron chi connectivity index (χ1n) is 5.92. The van der Waals surface area contributed by atoms with Crippen molar-refractivity contribution in [3.63, 3.8) is 0 Å². The third-order valence-corrected chi connectivity index (χ3v) is 4.87. The molecule has 1 aliphatic rings. The molecule has 2 heterocycles. The summed E-state index contributed by atoms with van der Waals surface area (Å²) in [6.45, 7) is 2.61. The molecule has 0 atom stereocenters. The van der Waals surface area contributed by atoms with Gasteiger partial charge in [0.2, 0.25) is 0 Å². The van der Waals surface area contributed by atoms with E-state index in [9.17, 15) is 4.79 Å². The minimum atomic E-state index is 0.0118. The van der Waals surface area contributed by atoms with Gasteiger partial charge >= 0.3 is 0 Å². The second kappa shape index (κ2) is 4.86. The normalized spacial score (nSPS) is 14.3. The van der Waals surface area contributed by atoms with Gasteiger partial charge in [0.05, 0.1) is 16.9 Å². The summed E-state index contributed by atoms with van der Waals surface area (Å²) in [7, 11) is 0. The zero-order chi connectivity index (χ0) is 13.4. The van der Waals surface area contributed by atoms with Gasteiger partial charge in [-0.1, -0.05) is 0 Å². The SMILES string of the molecule is Cc1ncc(C(=O)N2CCSc3ccc(N)cc32)s1. The maximum absolute atomic E-state index is 12.5. The molecule has 0 bridgehead atoms. The van der Waals surface area contributed by atoms with E-state index >= 15 is 0 Å². The van der Waals surface area contributed by atoms with Crippen LogP contribution in [0, 0.1) is 6.92 Å². The largest absolute Gasteiger partial charge is 0.399 e. The highest BCUT2D eigenvalue weighted by Gasteiger charge is 2.25. The Labute approximate surface area is 119 Å². The molecule has 0 unspecified atom stereocenters. The average Bonchev–Trinajstić information content (AvgIpc) is 2.84. The summed E-state index contributed by atoms with van der Waals surface area (Å²) in [5, 5.41) is 0.905. The maximum atomic E-state index is 12.5. The number of hydrogen-bond acceptors (Lipinski definition) is 5. The Bertz CT molecular complexity index is 639.